The van der Waals surface area contributed by atoms with Crippen LogP contribution >= 0.6 is 0 Å². The van der Waals surface area contributed by atoms with Crippen molar-refractivity contribution in [3.05, 3.63) is 112 Å². The second-order valence-corrected chi connectivity index (χ2v) is 13.8. The number of ether oxygens (including phenoxy) is 2. The van der Waals surface area contributed by atoms with Crippen LogP contribution in [-0.4, -0.2) is 46.5 Å². The first-order chi connectivity index (χ1) is 23.2. The van der Waals surface area contributed by atoms with Gasteiger partial charge in [-0.05, 0) is 111 Å². The molecule has 260 valence electrons. The van der Waals surface area contributed by atoms with Gasteiger partial charge >= 0.3 is 12.5 Å². The second-order valence-electron chi connectivity index (χ2n) is 13.8. The molecule has 1 heterocycles. The molecule has 49 heavy (non-hydrogen) atoms. The van der Waals surface area contributed by atoms with Crippen LogP contribution in [0.15, 0.2) is 72.3 Å². The smallest absolute Gasteiger partial charge is 0.440 e. The van der Waals surface area contributed by atoms with E-state index in [2.05, 4.69) is 17.7 Å². The molecule has 6 nitrogen and oxygen atoms in total. The Labute approximate surface area is 281 Å². The molecule has 0 aromatic heterocycles. The highest BCUT2D eigenvalue weighted by Gasteiger charge is 2.64. The van der Waals surface area contributed by atoms with Crippen LogP contribution < -0.4 is 4.74 Å². The molecule has 3 aliphatic carbocycles. The fourth-order valence-electron chi connectivity index (χ4n) is 7.91. The van der Waals surface area contributed by atoms with Crippen LogP contribution in [0.25, 0.3) is 0 Å². The van der Waals surface area contributed by atoms with Crippen LogP contribution in [0.4, 0.5) is 26.7 Å². The first-order valence-corrected chi connectivity index (χ1v) is 16.5. The van der Waals surface area contributed by atoms with Crippen molar-refractivity contribution in [1.82, 2.24) is 4.90 Å². The van der Waals surface area contributed by atoms with Gasteiger partial charge < -0.3 is 14.6 Å². The van der Waals surface area contributed by atoms with E-state index >= 15 is 0 Å². The summed E-state index contributed by atoms with van der Waals surface area (Å²) in [5.74, 6) is -3.29. The summed E-state index contributed by atoms with van der Waals surface area (Å²) in [6, 6.07) is 13.9. The van der Waals surface area contributed by atoms with Crippen molar-refractivity contribution in [2.24, 2.45) is 5.41 Å². The van der Waals surface area contributed by atoms with Gasteiger partial charge in [0, 0.05) is 23.1 Å². The third-order valence-corrected chi connectivity index (χ3v) is 10.6. The molecule has 0 radical (unpaired) electrons. The zero-order valence-corrected chi connectivity index (χ0v) is 27.3. The van der Waals surface area contributed by atoms with Gasteiger partial charge in [-0.3, -0.25) is 9.69 Å². The van der Waals surface area contributed by atoms with E-state index in [1.54, 1.807) is 11.0 Å². The first kappa shape index (κ1) is 34.6. The SMILES string of the molecule is CC1=CCCC2(C)C(CCC23CN(Cc2ccc(OC(F)(F)F)cc2)C(=O)O3)c2ccc(cc2C(=O)c2ccc(F)c(F)c2)CC(O)CC1. The molecule has 1 N–H and O–H groups in total. The third kappa shape index (κ3) is 7.08. The number of allylic oxidation sites excluding steroid dienone is 2. The van der Waals surface area contributed by atoms with Crippen LogP contribution in [-0.2, 0) is 17.7 Å². The largest absolute Gasteiger partial charge is 0.573 e. The minimum absolute atomic E-state index is 0.00272. The average Bonchev–Trinajstić information content (AvgIpc) is 3.51. The van der Waals surface area contributed by atoms with Crippen LogP contribution in [0.5, 0.6) is 5.75 Å². The Bertz CT molecular complexity index is 1770. The lowest BCUT2D eigenvalue weighted by Gasteiger charge is -2.43. The van der Waals surface area contributed by atoms with E-state index in [4.69, 9.17) is 4.74 Å². The number of aliphatic hydroxyl groups excluding tert-OH is 1. The zero-order valence-electron chi connectivity index (χ0n) is 27.3. The molecule has 7 rings (SSSR count). The summed E-state index contributed by atoms with van der Waals surface area (Å²) in [6.07, 6.45) is -0.0115. The standard InChI is InChI=1S/C38H38F5NO5/c1-23-4-3-16-36(2)31(15-17-37(36)22-44(35(47)49-37)21-24-6-11-28(12-7-24)48-38(41,42)43)29-13-8-25(18-27(45)10-5-23)19-30(29)34(46)26-9-14-32(39)33(40)20-26/h4,6-9,11-14,19-20,27,31,45H,3,5,10,15-18,21-22H2,1-2H3. The zero-order chi connectivity index (χ0) is 35.1. The molecule has 1 saturated carbocycles. The molecule has 11 heteroatoms. The normalized spacial score (nSPS) is 25.9. The van der Waals surface area contributed by atoms with Crippen molar-refractivity contribution in [1.29, 1.82) is 0 Å². The van der Waals surface area contributed by atoms with Crippen molar-refractivity contribution in [2.45, 2.75) is 89.3 Å². The maximum absolute atomic E-state index is 14.3. The number of hydrogen-bond donors (Lipinski definition) is 1. The Morgan fingerprint density at radius 2 is 1.78 bits per heavy atom. The Morgan fingerprint density at radius 1 is 1.02 bits per heavy atom. The van der Waals surface area contributed by atoms with E-state index in [-0.39, 0.29) is 30.3 Å². The number of hydrogen-bond acceptors (Lipinski definition) is 5. The van der Waals surface area contributed by atoms with E-state index < -0.39 is 47.0 Å². The fourth-order valence-corrected chi connectivity index (χ4v) is 7.91. The van der Waals surface area contributed by atoms with Crippen LogP contribution in [0, 0.1) is 17.0 Å². The summed E-state index contributed by atoms with van der Waals surface area (Å²) in [6.45, 7) is 4.45. The molecular formula is C38H38F5NO5. The number of aliphatic hydroxyl groups is 1. The van der Waals surface area contributed by atoms with Crippen LogP contribution in [0.2, 0.25) is 0 Å². The number of rotatable bonds is 5. The molecule has 1 saturated heterocycles. The minimum atomic E-state index is -4.82. The van der Waals surface area contributed by atoms with Gasteiger partial charge in [-0.2, -0.15) is 0 Å². The van der Waals surface area contributed by atoms with Gasteiger partial charge in [0.25, 0.3) is 0 Å². The lowest BCUT2D eigenvalue weighted by Crippen LogP contribution is -2.48. The highest BCUT2D eigenvalue weighted by molar-refractivity contribution is 6.10. The topological polar surface area (TPSA) is 76.1 Å². The number of halogens is 5. The molecule has 2 fully saturated rings. The lowest BCUT2D eigenvalue weighted by molar-refractivity contribution is -0.274. The maximum Gasteiger partial charge on any atom is 0.573 e. The summed E-state index contributed by atoms with van der Waals surface area (Å²) < 4.78 is 76.4. The number of alkyl halides is 3. The molecule has 4 aliphatic rings. The molecule has 3 aromatic rings. The van der Waals surface area contributed by atoms with Crippen molar-refractivity contribution in [2.75, 3.05) is 6.54 Å². The predicted octanol–water partition coefficient (Wildman–Crippen LogP) is 8.79. The van der Waals surface area contributed by atoms with E-state index in [9.17, 15) is 36.6 Å². The maximum atomic E-state index is 14.3. The highest BCUT2D eigenvalue weighted by Crippen LogP contribution is 2.62. The molecule has 4 unspecified atom stereocenters. The van der Waals surface area contributed by atoms with Crippen molar-refractivity contribution in [3.8, 4) is 5.75 Å². The van der Waals surface area contributed by atoms with Crippen LogP contribution in [0.1, 0.15) is 90.9 Å². The van der Waals surface area contributed by atoms with Gasteiger partial charge in [0.2, 0.25) is 0 Å². The molecular weight excluding hydrogens is 645 g/mol. The number of fused-ring (bicyclic) bond motifs is 8. The number of amides is 1. The monoisotopic (exact) mass is 683 g/mol. The Hall–Kier alpha value is -4.25. The van der Waals surface area contributed by atoms with E-state index in [0.29, 0.717) is 61.6 Å². The summed E-state index contributed by atoms with van der Waals surface area (Å²) in [4.78, 5) is 29.1. The number of nitrogens with zero attached hydrogens (tertiary/aromatic N) is 1. The van der Waals surface area contributed by atoms with Crippen molar-refractivity contribution >= 4 is 11.9 Å². The predicted molar refractivity (Wildman–Crippen MR) is 171 cm³/mol. The highest BCUT2D eigenvalue weighted by atomic mass is 19.4. The molecule has 1 amide bonds. The Balaban J connectivity index is 1.37. The molecule has 1 spiro atoms. The first-order valence-electron chi connectivity index (χ1n) is 16.5. The van der Waals surface area contributed by atoms with E-state index in [1.165, 1.54) is 30.3 Å². The third-order valence-electron chi connectivity index (χ3n) is 10.6. The lowest BCUT2D eigenvalue weighted by atomic mass is 9.64. The summed E-state index contributed by atoms with van der Waals surface area (Å²) in [5, 5.41) is 10.8. The van der Waals surface area contributed by atoms with Gasteiger partial charge in [-0.25, -0.2) is 13.6 Å². The fraction of sp³-hybridized carbons (Fsp3) is 0.421. The molecule has 3 aromatic carbocycles. The van der Waals surface area contributed by atoms with Crippen molar-refractivity contribution < 1.29 is 46.1 Å². The number of ketones is 1. The van der Waals surface area contributed by atoms with Gasteiger partial charge in [-0.15, -0.1) is 13.2 Å². The quantitative estimate of drug-likeness (QED) is 0.165. The Kier molecular flexibility index (Phi) is 9.34. The van der Waals surface area contributed by atoms with Gasteiger partial charge in [0.1, 0.15) is 11.4 Å². The van der Waals surface area contributed by atoms with Crippen LogP contribution in [0.3, 0.4) is 0 Å². The average molecular weight is 684 g/mol. The summed E-state index contributed by atoms with van der Waals surface area (Å²) >= 11 is 0. The number of carbonyl (C=O) groups excluding carboxylic acids is 2. The summed E-state index contributed by atoms with van der Waals surface area (Å²) in [7, 11) is 0. The number of benzene rings is 3. The molecule has 1 aliphatic heterocycles. The molecule has 2 bridgehead atoms. The second kappa shape index (κ2) is 13.2. The number of carbonyl (C=O) groups is 2. The van der Waals surface area contributed by atoms with E-state index in [1.807, 2.05) is 19.1 Å². The minimum Gasteiger partial charge on any atom is -0.440 e. The van der Waals surface area contributed by atoms with Gasteiger partial charge in [-0.1, -0.05) is 42.8 Å². The van der Waals surface area contributed by atoms with Crippen molar-refractivity contribution in [3.63, 3.8) is 0 Å². The summed E-state index contributed by atoms with van der Waals surface area (Å²) in [5.41, 5.74) is 1.89. The Morgan fingerprint density at radius 3 is 2.49 bits per heavy atom. The molecule has 4 atom stereocenters. The van der Waals surface area contributed by atoms with Gasteiger partial charge in [0.15, 0.2) is 17.4 Å². The van der Waals surface area contributed by atoms with Gasteiger partial charge in [0.05, 0.1) is 12.6 Å². The van der Waals surface area contributed by atoms with E-state index in [0.717, 1.165) is 23.3 Å².